The lowest BCUT2D eigenvalue weighted by Gasteiger charge is -2.51. The first-order valence-corrected chi connectivity index (χ1v) is 6.47. The van der Waals surface area contributed by atoms with Crippen molar-refractivity contribution in [2.75, 3.05) is 26.7 Å². The summed E-state index contributed by atoms with van der Waals surface area (Å²) >= 11 is 0. The Labute approximate surface area is 108 Å². The predicted octanol–water partition coefficient (Wildman–Crippen LogP) is 1.48. The third-order valence-corrected chi connectivity index (χ3v) is 3.71. The molecule has 5 heteroatoms. The molecule has 2 rings (SSSR count). The van der Waals surface area contributed by atoms with E-state index < -0.39 is 5.60 Å². The molecule has 18 heavy (non-hydrogen) atoms. The summed E-state index contributed by atoms with van der Waals surface area (Å²) in [6.45, 7) is 7.65. The molecule has 2 fully saturated rings. The molecule has 0 bridgehead atoms. The van der Waals surface area contributed by atoms with Gasteiger partial charge in [0, 0.05) is 26.7 Å². The van der Waals surface area contributed by atoms with E-state index in [4.69, 9.17) is 4.74 Å². The van der Waals surface area contributed by atoms with Gasteiger partial charge in [0.25, 0.3) is 0 Å². The molecule has 1 spiro atoms. The van der Waals surface area contributed by atoms with Crippen LogP contribution in [0.4, 0.5) is 4.79 Å². The van der Waals surface area contributed by atoms with E-state index in [0.717, 1.165) is 19.4 Å². The zero-order chi connectivity index (χ0) is 13.6. The first-order valence-electron chi connectivity index (χ1n) is 6.47. The van der Waals surface area contributed by atoms with E-state index >= 15 is 0 Å². The van der Waals surface area contributed by atoms with Crippen LogP contribution in [0, 0.1) is 5.41 Å². The number of ether oxygens (including phenoxy) is 1. The zero-order valence-corrected chi connectivity index (χ0v) is 11.7. The number of carbonyl (C=O) groups is 2. The number of piperidine rings is 1. The summed E-state index contributed by atoms with van der Waals surface area (Å²) in [7, 11) is 1.83. The van der Waals surface area contributed by atoms with Crippen molar-refractivity contribution in [2.24, 2.45) is 5.41 Å². The van der Waals surface area contributed by atoms with E-state index in [1.165, 1.54) is 0 Å². The van der Waals surface area contributed by atoms with Crippen LogP contribution in [-0.2, 0) is 9.53 Å². The van der Waals surface area contributed by atoms with Gasteiger partial charge in [-0.15, -0.1) is 0 Å². The predicted molar refractivity (Wildman–Crippen MR) is 67.1 cm³/mol. The van der Waals surface area contributed by atoms with E-state index in [9.17, 15) is 9.59 Å². The number of hydrogen-bond donors (Lipinski definition) is 0. The Hall–Kier alpha value is -1.26. The Kier molecular flexibility index (Phi) is 3.03. The minimum atomic E-state index is -0.460. The van der Waals surface area contributed by atoms with E-state index in [1.807, 2.05) is 27.8 Å². The monoisotopic (exact) mass is 254 g/mol. The highest BCUT2D eigenvalue weighted by Crippen LogP contribution is 2.40. The average Bonchev–Trinajstić information content (AvgIpc) is 2.27. The molecule has 2 aliphatic heterocycles. The van der Waals surface area contributed by atoms with Crippen LogP contribution >= 0.6 is 0 Å². The molecular weight excluding hydrogens is 232 g/mol. The van der Waals surface area contributed by atoms with Crippen LogP contribution in [0.2, 0.25) is 0 Å². The minimum absolute atomic E-state index is 0.187. The Bertz CT molecular complexity index is 365. The topological polar surface area (TPSA) is 49.9 Å². The van der Waals surface area contributed by atoms with Gasteiger partial charge in [0.15, 0.2) is 0 Å². The fraction of sp³-hybridized carbons (Fsp3) is 0.846. The van der Waals surface area contributed by atoms with Gasteiger partial charge in [0.2, 0.25) is 5.91 Å². The lowest BCUT2D eigenvalue weighted by Crippen LogP contribution is -2.63. The normalized spacial score (nSPS) is 23.0. The van der Waals surface area contributed by atoms with Crippen LogP contribution in [0.5, 0.6) is 0 Å². The highest BCUT2D eigenvalue weighted by atomic mass is 16.6. The molecule has 102 valence electrons. The van der Waals surface area contributed by atoms with Crippen LogP contribution in [0.25, 0.3) is 0 Å². The van der Waals surface area contributed by atoms with Gasteiger partial charge in [-0.25, -0.2) is 4.79 Å². The third-order valence-electron chi connectivity index (χ3n) is 3.71. The van der Waals surface area contributed by atoms with E-state index in [1.54, 1.807) is 9.80 Å². The second-order valence-electron chi connectivity index (χ2n) is 6.41. The maximum atomic E-state index is 11.9. The molecule has 0 aromatic rings. The van der Waals surface area contributed by atoms with E-state index in [2.05, 4.69) is 0 Å². The molecule has 2 amide bonds. The van der Waals surface area contributed by atoms with Crippen molar-refractivity contribution in [2.45, 2.75) is 39.2 Å². The number of β-lactam (4-membered cyclic amide) rings is 1. The summed E-state index contributed by atoms with van der Waals surface area (Å²) in [4.78, 5) is 27.2. The quantitative estimate of drug-likeness (QED) is 0.615. The summed E-state index contributed by atoms with van der Waals surface area (Å²) in [6.07, 6.45) is 1.25. The van der Waals surface area contributed by atoms with Gasteiger partial charge < -0.3 is 14.5 Å². The van der Waals surface area contributed by atoms with Crippen LogP contribution in [0.15, 0.2) is 0 Å². The molecule has 0 radical (unpaired) electrons. The smallest absolute Gasteiger partial charge is 0.410 e. The molecule has 0 N–H and O–H groups in total. The highest BCUT2D eigenvalue weighted by Gasteiger charge is 2.52. The summed E-state index contributed by atoms with van der Waals surface area (Å²) in [5, 5.41) is 0. The number of rotatable bonds is 0. The van der Waals surface area contributed by atoms with Crippen molar-refractivity contribution in [3.63, 3.8) is 0 Å². The van der Waals surface area contributed by atoms with E-state index in [-0.39, 0.29) is 17.4 Å². The van der Waals surface area contributed by atoms with E-state index in [0.29, 0.717) is 13.1 Å². The largest absolute Gasteiger partial charge is 0.444 e. The summed E-state index contributed by atoms with van der Waals surface area (Å²) < 4.78 is 5.34. The zero-order valence-electron chi connectivity index (χ0n) is 11.7. The molecule has 0 aromatic carbocycles. The third kappa shape index (κ3) is 2.31. The highest BCUT2D eigenvalue weighted by molar-refractivity contribution is 5.88. The molecule has 5 nitrogen and oxygen atoms in total. The molecular formula is C13H22N2O3. The first-order chi connectivity index (χ1) is 8.23. The summed E-state index contributed by atoms with van der Waals surface area (Å²) in [6, 6.07) is 0. The van der Waals surface area contributed by atoms with Crippen LogP contribution < -0.4 is 0 Å². The fourth-order valence-corrected chi connectivity index (χ4v) is 2.72. The maximum Gasteiger partial charge on any atom is 0.410 e. The SMILES string of the molecule is CN1CC2(CCN(C(=O)OC(C)(C)C)CC2)C1=O. The maximum absolute atomic E-state index is 11.9. The van der Waals surface area contributed by atoms with Gasteiger partial charge in [0.1, 0.15) is 5.60 Å². The number of carbonyl (C=O) groups excluding carboxylic acids is 2. The Balaban J connectivity index is 1.88. The first kappa shape index (κ1) is 13.2. The number of nitrogens with zero attached hydrogens (tertiary/aromatic N) is 2. The van der Waals surface area contributed by atoms with Crippen molar-refractivity contribution in [3.8, 4) is 0 Å². The van der Waals surface area contributed by atoms with Gasteiger partial charge in [0.05, 0.1) is 5.41 Å². The van der Waals surface area contributed by atoms with Crippen LogP contribution in [0.3, 0.4) is 0 Å². The van der Waals surface area contributed by atoms with Gasteiger partial charge >= 0.3 is 6.09 Å². The number of amides is 2. The molecule has 0 atom stereocenters. The molecule has 2 aliphatic rings. The van der Waals surface area contributed by atoms with Gasteiger partial charge in [-0.3, -0.25) is 4.79 Å². The molecule has 2 saturated heterocycles. The Morgan fingerprint density at radius 2 is 1.83 bits per heavy atom. The molecule has 0 unspecified atom stereocenters. The van der Waals surface area contributed by atoms with Crippen molar-refractivity contribution < 1.29 is 14.3 Å². The van der Waals surface area contributed by atoms with Gasteiger partial charge in [-0.1, -0.05) is 0 Å². The molecule has 2 heterocycles. The lowest BCUT2D eigenvalue weighted by molar-refractivity contribution is -0.162. The lowest BCUT2D eigenvalue weighted by atomic mass is 9.71. The second kappa shape index (κ2) is 4.14. The van der Waals surface area contributed by atoms with Gasteiger partial charge in [-0.05, 0) is 33.6 Å². The van der Waals surface area contributed by atoms with Gasteiger partial charge in [-0.2, -0.15) is 0 Å². The van der Waals surface area contributed by atoms with Crippen LogP contribution in [0.1, 0.15) is 33.6 Å². The fourth-order valence-electron chi connectivity index (χ4n) is 2.72. The van der Waals surface area contributed by atoms with Crippen molar-refractivity contribution in [1.29, 1.82) is 0 Å². The minimum Gasteiger partial charge on any atom is -0.444 e. The van der Waals surface area contributed by atoms with Crippen molar-refractivity contribution >= 4 is 12.0 Å². The molecule has 0 saturated carbocycles. The average molecular weight is 254 g/mol. The molecule has 0 aliphatic carbocycles. The number of hydrogen-bond acceptors (Lipinski definition) is 3. The Morgan fingerprint density at radius 3 is 2.22 bits per heavy atom. The molecule has 0 aromatic heterocycles. The Morgan fingerprint density at radius 1 is 1.28 bits per heavy atom. The summed E-state index contributed by atoms with van der Waals surface area (Å²) in [5.41, 5.74) is -0.647. The van der Waals surface area contributed by atoms with Crippen molar-refractivity contribution in [3.05, 3.63) is 0 Å². The number of likely N-dealkylation sites (tertiary alicyclic amines) is 2. The standard InChI is InChI=1S/C13H22N2O3/c1-12(2,3)18-11(17)15-7-5-13(6-8-15)9-14(4)10(13)16/h5-9H2,1-4H3. The van der Waals surface area contributed by atoms with Crippen molar-refractivity contribution in [1.82, 2.24) is 9.80 Å². The second-order valence-corrected chi connectivity index (χ2v) is 6.41. The van der Waals surface area contributed by atoms with Crippen LogP contribution in [-0.4, -0.2) is 54.1 Å². The summed E-state index contributed by atoms with van der Waals surface area (Å²) in [5.74, 6) is 0.228.